The minimum atomic E-state index is -0.357. The second-order valence-electron chi connectivity index (χ2n) is 8.72. The van der Waals surface area contributed by atoms with Crippen molar-refractivity contribution in [2.75, 3.05) is 11.5 Å². The van der Waals surface area contributed by atoms with Gasteiger partial charge in [0.2, 0.25) is 0 Å². The van der Waals surface area contributed by atoms with E-state index in [1.807, 2.05) is 4.90 Å². The third-order valence-corrected chi connectivity index (χ3v) is 6.05. The maximum absolute atomic E-state index is 13.5. The first-order valence-electron chi connectivity index (χ1n) is 10.6. The van der Waals surface area contributed by atoms with Gasteiger partial charge in [0, 0.05) is 11.1 Å². The number of aryl methyl sites for hydroxylation is 1. The van der Waals surface area contributed by atoms with Gasteiger partial charge in [-0.3, -0.25) is 4.79 Å². The molecular formula is C25H28N2O3. The van der Waals surface area contributed by atoms with E-state index in [0.29, 0.717) is 29.5 Å². The number of carbonyl (C=O) groups excluding carboxylic acids is 2. The van der Waals surface area contributed by atoms with Crippen LogP contribution in [0.15, 0.2) is 41.4 Å². The quantitative estimate of drug-likeness (QED) is 0.660. The van der Waals surface area contributed by atoms with Crippen LogP contribution in [-0.4, -0.2) is 29.7 Å². The third kappa shape index (κ3) is 3.22. The lowest BCUT2D eigenvalue weighted by molar-refractivity contribution is -0.113. The summed E-state index contributed by atoms with van der Waals surface area (Å²) in [7, 11) is 0. The van der Waals surface area contributed by atoms with Gasteiger partial charge in [-0.05, 0) is 81.0 Å². The van der Waals surface area contributed by atoms with Gasteiger partial charge in [0.1, 0.15) is 5.71 Å². The molecule has 30 heavy (non-hydrogen) atoms. The van der Waals surface area contributed by atoms with Gasteiger partial charge in [-0.25, -0.2) is 9.79 Å². The van der Waals surface area contributed by atoms with Gasteiger partial charge in [-0.1, -0.05) is 19.9 Å². The van der Waals surface area contributed by atoms with Crippen molar-refractivity contribution >= 4 is 29.0 Å². The molecule has 2 heterocycles. The maximum Gasteiger partial charge on any atom is 0.338 e. The minimum Gasteiger partial charge on any atom is -0.462 e. The average molecular weight is 405 g/mol. The van der Waals surface area contributed by atoms with E-state index in [9.17, 15) is 9.59 Å². The van der Waals surface area contributed by atoms with Crippen molar-refractivity contribution in [1.29, 1.82) is 0 Å². The van der Waals surface area contributed by atoms with Crippen LogP contribution in [0.3, 0.4) is 0 Å². The molecular weight excluding hydrogens is 376 g/mol. The fourth-order valence-corrected chi connectivity index (χ4v) is 4.70. The minimum absolute atomic E-state index is 0.0501. The molecule has 5 heteroatoms. The molecule has 0 fully saturated rings. The predicted molar refractivity (Wildman–Crippen MR) is 119 cm³/mol. The first-order valence-corrected chi connectivity index (χ1v) is 10.6. The molecule has 0 spiro atoms. The van der Waals surface area contributed by atoms with Crippen molar-refractivity contribution in [1.82, 2.24) is 0 Å². The van der Waals surface area contributed by atoms with Crippen molar-refractivity contribution < 1.29 is 14.3 Å². The Hall–Kier alpha value is -2.95. The van der Waals surface area contributed by atoms with Gasteiger partial charge in [-0.2, -0.15) is 0 Å². The molecule has 0 saturated carbocycles. The number of benzene rings is 2. The Morgan fingerprint density at radius 2 is 1.90 bits per heavy atom. The van der Waals surface area contributed by atoms with E-state index in [0.717, 1.165) is 24.1 Å². The summed E-state index contributed by atoms with van der Waals surface area (Å²) < 4.78 is 5.04. The van der Waals surface area contributed by atoms with Gasteiger partial charge in [-0.15, -0.1) is 0 Å². The second-order valence-corrected chi connectivity index (χ2v) is 8.72. The van der Waals surface area contributed by atoms with Crippen molar-refractivity contribution in [3.63, 3.8) is 0 Å². The summed E-state index contributed by atoms with van der Waals surface area (Å²) in [5.74, 6) is -0.0255. The predicted octanol–water partition coefficient (Wildman–Crippen LogP) is 5.18. The van der Waals surface area contributed by atoms with Gasteiger partial charge in [0.25, 0.3) is 5.91 Å². The first-order chi connectivity index (χ1) is 14.3. The summed E-state index contributed by atoms with van der Waals surface area (Å²) in [4.78, 5) is 32.1. The Labute approximate surface area is 177 Å². The topological polar surface area (TPSA) is 59.0 Å². The zero-order valence-corrected chi connectivity index (χ0v) is 18.3. The Balaban J connectivity index is 1.82. The second kappa shape index (κ2) is 7.38. The molecule has 0 saturated heterocycles. The molecule has 0 bridgehead atoms. The Morgan fingerprint density at radius 1 is 1.20 bits per heavy atom. The molecule has 0 aromatic heterocycles. The fourth-order valence-electron chi connectivity index (χ4n) is 4.70. The molecule has 2 aliphatic heterocycles. The van der Waals surface area contributed by atoms with E-state index in [1.165, 1.54) is 11.1 Å². The molecule has 2 aliphatic rings. The first kappa shape index (κ1) is 20.3. The lowest BCUT2D eigenvalue weighted by Gasteiger charge is -2.43. The Bertz CT molecular complexity index is 1050. The molecule has 0 unspecified atom stereocenters. The van der Waals surface area contributed by atoms with Crippen LogP contribution in [0, 0.1) is 0 Å². The van der Waals surface area contributed by atoms with Crippen LogP contribution in [0.25, 0.3) is 0 Å². The maximum atomic E-state index is 13.5. The van der Waals surface area contributed by atoms with Crippen LogP contribution in [0.2, 0.25) is 0 Å². The lowest BCUT2D eigenvalue weighted by Crippen LogP contribution is -2.50. The summed E-state index contributed by atoms with van der Waals surface area (Å²) in [6.07, 6.45) is 1.83. The smallest absolute Gasteiger partial charge is 0.338 e. The standard InChI is InChI=1S/C25H28N2O3/c1-6-16-12-19-15(3)14-25(4,5)27-22(19)20(13-16)21(23(27)28)26-18-10-8-17(9-11-18)24(29)30-7-2/h8-13,15H,6-7,14H2,1-5H3/t15-/m1/s1. The summed E-state index contributed by atoms with van der Waals surface area (Å²) in [5, 5.41) is 0. The molecule has 4 rings (SSSR count). The highest BCUT2D eigenvalue weighted by Gasteiger charge is 2.48. The molecule has 0 radical (unpaired) electrons. The summed E-state index contributed by atoms with van der Waals surface area (Å²) >= 11 is 0. The van der Waals surface area contributed by atoms with Crippen LogP contribution in [0.1, 0.15) is 74.0 Å². The van der Waals surface area contributed by atoms with Crippen LogP contribution >= 0.6 is 0 Å². The molecule has 1 atom stereocenters. The molecule has 1 amide bonds. The van der Waals surface area contributed by atoms with Gasteiger partial charge < -0.3 is 9.64 Å². The number of carbonyl (C=O) groups is 2. The zero-order chi connectivity index (χ0) is 21.6. The number of rotatable bonds is 4. The highest BCUT2D eigenvalue weighted by Crippen LogP contribution is 2.49. The van der Waals surface area contributed by atoms with Crippen LogP contribution < -0.4 is 4.90 Å². The highest BCUT2D eigenvalue weighted by molar-refractivity contribution is 6.55. The molecule has 0 aliphatic carbocycles. The van der Waals surface area contributed by atoms with E-state index in [4.69, 9.17) is 9.73 Å². The lowest BCUT2D eigenvalue weighted by atomic mass is 9.79. The van der Waals surface area contributed by atoms with Crippen molar-refractivity contribution in [3.05, 3.63) is 58.7 Å². The van der Waals surface area contributed by atoms with Crippen molar-refractivity contribution in [2.24, 2.45) is 4.99 Å². The van der Waals surface area contributed by atoms with Gasteiger partial charge >= 0.3 is 5.97 Å². The molecule has 2 aromatic rings. The zero-order valence-electron chi connectivity index (χ0n) is 18.3. The van der Waals surface area contributed by atoms with E-state index >= 15 is 0 Å². The number of nitrogens with zero attached hydrogens (tertiary/aromatic N) is 2. The van der Waals surface area contributed by atoms with Crippen LogP contribution in [0.5, 0.6) is 0 Å². The number of esters is 1. The molecule has 156 valence electrons. The Morgan fingerprint density at radius 3 is 2.53 bits per heavy atom. The number of hydrogen-bond donors (Lipinski definition) is 0. The number of hydrogen-bond acceptors (Lipinski definition) is 4. The third-order valence-electron chi connectivity index (χ3n) is 6.05. The monoisotopic (exact) mass is 404 g/mol. The number of anilines is 1. The summed E-state index contributed by atoms with van der Waals surface area (Å²) in [6.45, 7) is 10.7. The van der Waals surface area contributed by atoms with Crippen molar-refractivity contribution in [2.45, 2.75) is 58.9 Å². The largest absolute Gasteiger partial charge is 0.462 e. The van der Waals surface area contributed by atoms with Gasteiger partial charge in [0.05, 0.1) is 23.5 Å². The number of ether oxygens (including phenoxy) is 1. The normalized spacial score (nSPS) is 20.4. The van der Waals surface area contributed by atoms with E-state index in [-0.39, 0.29) is 17.4 Å². The van der Waals surface area contributed by atoms with Crippen molar-refractivity contribution in [3.8, 4) is 0 Å². The van der Waals surface area contributed by atoms with Gasteiger partial charge in [0.15, 0.2) is 0 Å². The molecule has 2 aromatic carbocycles. The number of amides is 1. The van der Waals surface area contributed by atoms with E-state index in [1.54, 1.807) is 31.2 Å². The highest BCUT2D eigenvalue weighted by atomic mass is 16.5. The van der Waals surface area contributed by atoms with Crippen LogP contribution in [0.4, 0.5) is 11.4 Å². The number of aliphatic imine (C=N–C) groups is 1. The SMILES string of the molecule is CCOC(=O)c1ccc(N=C2C(=O)N3c4c2cc(CC)cc4[C@H](C)CC3(C)C)cc1. The fraction of sp³-hybridized carbons (Fsp3) is 0.400. The van der Waals surface area contributed by atoms with Crippen LogP contribution in [-0.2, 0) is 16.0 Å². The molecule has 5 nitrogen and oxygen atoms in total. The summed E-state index contributed by atoms with van der Waals surface area (Å²) in [5.41, 5.74) is 5.72. The Kier molecular flexibility index (Phi) is 5.00. The molecule has 0 N–H and O–H groups in total. The van der Waals surface area contributed by atoms with E-state index < -0.39 is 0 Å². The summed E-state index contributed by atoms with van der Waals surface area (Å²) in [6, 6.07) is 11.2. The average Bonchev–Trinajstić information content (AvgIpc) is 2.99. The van der Waals surface area contributed by atoms with E-state index in [2.05, 4.69) is 39.8 Å².